The Morgan fingerprint density at radius 2 is 2.09 bits per heavy atom. The van der Waals surface area contributed by atoms with Crippen molar-refractivity contribution in [2.45, 2.75) is 25.2 Å². The van der Waals surface area contributed by atoms with Crippen LogP contribution in [0.5, 0.6) is 0 Å². The van der Waals surface area contributed by atoms with Crippen LogP contribution in [-0.4, -0.2) is 29.9 Å². The number of ketones is 1. The highest BCUT2D eigenvalue weighted by molar-refractivity contribution is 9.10. The lowest BCUT2D eigenvalue weighted by molar-refractivity contribution is -0.279. The van der Waals surface area contributed by atoms with Crippen molar-refractivity contribution >= 4 is 57.4 Å². The number of rotatable bonds is 10. The lowest BCUT2D eigenvalue weighted by Crippen LogP contribution is -2.41. The zero-order valence-corrected chi connectivity index (χ0v) is 17.1. The molecule has 2 atom stereocenters. The summed E-state index contributed by atoms with van der Waals surface area (Å²) in [5, 5.41) is 0. The number of halogens is 1. The minimum Gasteiger partial charge on any atom is -0.353 e. The minimum atomic E-state index is -1.47. The van der Waals surface area contributed by atoms with Crippen molar-refractivity contribution in [2.75, 3.05) is 13.2 Å². The van der Waals surface area contributed by atoms with E-state index in [9.17, 15) is 9.59 Å². The third-order valence-electron chi connectivity index (χ3n) is 2.72. The van der Waals surface area contributed by atoms with Gasteiger partial charge in [0, 0.05) is 16.6 Å². The molecule has 0 radical (unpaired) electrons. The Hall–Kier alpha value is -0.240. The van der Waals surface area contributed by atoms with Gasteiger partial charge in [0.1, 0.15) is 0 Å². The molecule has 0 aliphatic carbocycles. The number of benzene rings is 1. The molecule has 0 N–H and O–H groups in total. The van der Waals surface area contributed by atoms with Crippen molar-refractivity contribution in [2.24, 2.45) is 0 Å². The molecule has 1 rings (SSSR count). The van der Waals surface area contributed by atoms with Crippen molar-refractivity contribution in [1.82, 2.24) is 0 Å². The van der Waals surface area contributed by atoms with Crippen LogP contribution in [0.2, 0.25) is 0 Å². The Morgan fingerprint density at radius 1 is 1.35 bits per heavy atom. The van der Waals surface area contributed by atoms with E-state index in [2.05, 4.69) is 15.9 Å². The maximum absolute atomic E-state index is 12.6. The number of carbonyl (C=O) groups excluding carboxylic acids is 2. The summed E-state index contributed by atoms with van der Waals surface area (Å²) in [5.41, 5.74) is 0.479. The molecule has 5 nitrogen and oxygen atoms in total. The molecule has 9 heteroatoms. The largest absolute Gasteiger partial charge is 0.384 e. The summed E-state index contributed by atoms with van der Waals surface area (Å²) >= 11 is 9.48. The first-order chi connectivity index (χ1) is 11.0. The van der Waals surface area contributed by atoms with Gasteiger partial charge in [0.25, 0.3) is 0 Å². The molecule has 0 aliphatic rings. The van der Waals surface area contributed by atoms with E-state index in [-0.39, 0.29) is 25.4 Å². The van der Waals surface area contributed by atoms with Crippen LogP contribution in [0, 0.1) is 0 Å². The van der Waals surface area contributed by atoms with Gasteiger partial charge in [0.15, 0.2) is 5.78 Å². The van der Waals surface area contributed by atoms with Crippen LogP contribution in [0.1, 0.15) is 30.6 Å². The van der Waals surface area contributed by atoms with E-state index in [1.54, 1.807) is 32.0 Å². The molecule has 0 aromatic heterocycles. The molecular weight excluding hydrogens is 423 g/mol. The number of hydrogen-bond donors (Lipinski definition) is 0. The standard InChI is InChI=1S/C14H18BrO5PS2/c1-3-18-14(23-21-22,13(17)20-19-4-2)9-12(16)10-6-5-7-11(15)8-10/h5-8H,3-4,9,21H2,1-2H3. The van der Waals surface area contributed by atoms with E-state index >= 15 is 0 Å². The lowest BCUT2D eigenvalue weighted by atomic mass is 10.0. The summed E-state index contributed by atoms with van der Waals surface area (Å²) in [5.74, 6) is -0.976. The predicted molar refractivity (Wildman–Crippen MR) is 99.8 cm³/mol. The number of hydrogen-bond acceptors (Lipinski definition) is 7. The van der Waals surface area contributed by atoms with Gasteiger partial charge in [-0.05, 0) is 32.5 Å². The Morgan fingerprint density at radius 3 is 2.65 bits per heavy atom. The van der Waals surface area contributed by atoms with Crippen LogP contribution in [-0.2, 0) is 31.1 Å². The van der Waals surface area contributed by atoms with E-state index in [1.807, 2.05) is 6.07 Å². The van der Waals surface area contributed by atoms with Crippen molar-refractivity contribution in [3.05, 3.63) is 34.3 Å². The number of carbonyl (C=O) groups is 2. The quantitative estimate of drug-likeness (QED) is 0.180. The molecule has 0 bridgehead atoms. The Balaban J connectivity index is 3.05. The average Bonchev–Trinajstić information content (AvgIpc) is 2.52. The van der Waals surface area contributed by atoms with Crippen molar-refractivity contribution in [3.8, 4) is 0 Å². The third-order valence-corrected chi connectivity index (χ3v) is 6.42. The second kappa shape index (κ2) is 10.6. The first-order valence-corrected chi connectivity index (χ1v) is 11.8. The van der Waals surface area contributed by atoms with E-state index < -0.39 is 17.5 Å². The van der Waals surface area contributed by atoms with E-state index in [0.717, 1.165) is 15.9 Å². The van der Waals surface area contributed by atoms with Crippen LogP contribution in [0.25, 0.3) is 0 Å². The summed E-state index contributed by atoms with van der Waals surface area (Å²) in [6.07, 6.45) is -0.169. The second-order valence-corrected chi connectivity index (χ2v) is 9.31. The fourth-order valence-electron chi connectivity index (χ4n) is 1.77. The van der Waals surface area contributed by atoms with E-state index in [4.69, 9.17) is 26.3 Å². The molecular formula is C14H18BrO5PS2. The van der Waals surface area contributed by atoms with Gasteiger partial charge in [-0.3, -0.25) is 9.68 Å². The first kappa shape index (κ1) is 20.8. The minimum absolute atomic E-state index is 0.169. The topological polar surface area (TPSA) is 61.8 Å². The van der Waals surface area contributed by atoms with Crippen LogP contribution in [0.15, 0.2) is 28.7 Å². The molecule has 0 aliphatic heterocycles. The molecule has 1 aromatic rings. The molecule has 1 aromatic carbocycles. The van der Waals surface area contributed by atoms with Gasteiger partial charge >= 0.3 is 5.97 Å². The highest BCUT2D eigenvalue weighted by atomic mass is 79.9. The molecule has 23 heavy (non-hydrogen) atoms. The Labute approximate surface area is 154 Å². The average molecular weight is 441 g/mol. The third kappa shape index (κ3) is 6.29. The van der Waals surface area contributed by atoms with Crippen molar-refractivity contribution < 1.29 is 24.1 Å². The maximum Gasteiger partial charge on any atom is 0.384 e. The first-order valence-electron chi connectivity index (χ1n) is 6.87. The summed E-state index contributed by atoms with van der Waals surface area (Å²) < 4.78 is 6.36. The maximum atomic E-state index is 12.6. The number of ether oxygens (including phenoxy) is 1. The molecule has 0 fully saturated rings. The molecule has 0 saturated carbocycles. The molecule has 0 spiro atoms. The second-order valence-electron chi connectivity index (χ2n) is 4.29. The molecule has 0 saturated heterocycles. The smallest absolute Gasteiger partial charge is 0.353 e. The van der Waals surface area contributed by atoms with Crippen LogP contribution in [0.3, 0.4) is 0 Å². The zero-order chi connectivity index (χ0) is 17.3. The highest BCUT2D eigenvalue weighted by Gasteiger charge is 2.44. The molecule has 0 amide bonds. The van der Waals surface area contributed by atoms with Gasteiger partial charge in [0.2, 0.25) is 4.93 Å². The fourth-order valence-corrected chi connectivity index (χ4v) is 5.46. The summed E-state index contributed by atoms with van der Waals surface area (Å²) in [6.45, 7) is 3.32. The van der Waals surface area contributed by atoms with Gasteiger partial charge < -0.3 is 4.74 Å². The Bertz CT molecular complexity index is 572. The van der Waals surface area contributed by atoms with Gasteiger partial charge in [-0.2, -0.15) is 4.89 Å². The van der Waals surface area contributed by atoms with Crippen molar-refractivity contribution in [3.63, 3.8) is 0 Å². The highest BCUT2D eigenvalue weighted by Crippen LogP contribution is 2.41. The molecule has 128 valence electrons. The SMILES string of the molecule is CCOOC(=O)C(CC(=O)c1cccc(Br)c1)(OCC)S[PH2]=S. The van der Waals surface area contributed by atoms with Gasteiger partial charge in [-0.1, -0.05) is 51.3 Å². The van der Waals surface area contributed by atoms with Crippen LogP contribution < -0.4 is 0 Å². The Kier molecular flexibility index (Phi) is 9.58. The lowest BCUT2D eigenvalue weighted by Gasteiger charge is -2.27. The van der Waals surface area contributed by atoms with Crippen molar-refractivity contribution in [1.29, 1.82) is 0 Å². The van der Waals surface area contributed by atoms with Gasteiger partial charge in [-0.15, -0.1) is 0 Å². The number of Topliss-reactive ketones (excluding diaryl/α,β-unsaturated/α-hetero) is 1. The summed E-state index contributed by atoms with van der Waals surface area (Å²) in [7, 11) is 0. The summed E-state index contributed by atoms with van der Waals surface area (Å²) in [6, 6.07) is 6.95. The van der Waals surface area contributed by atoms with Crippen LogP contribution >= 0.6 is 33.9 Å². The normalized spacial score (nSPS) is 13.9. The molecule has 2 unspecified atom stereocenters. The summed E-state index contributed by atoms with van der Waals surface area (Å²) in [4.78, 5) is 32.9. The predicted octanol–water partition coefficient (Wildman–Crippen LogP) is 3.77. The van der Waals surface area contributed by atoms with E-state index in [0.29, 0.717) is 5.56 Å². The van der Waals surface area contributed by atoms with Gasteiger partial charge in [-0.25, -0.2) is 4.79 Å². The fraction of sp³-hybridized carbons (Fsp3) is 0.429. The van der Waals surface area contributed by atoms with E-state index in [1.165, 1.54) is 0 Å². The van der Waals surface area contributed by atoms with Crippen LogP contribution in [0.4, 0.5) is 0 Å². The van der Waals surface area contributed by atoms with Gasteiger partial charge in [0.05, 0.1) is 13.0 Å². The monoisotopic (exact) mass is 440 g/mol. The zero-order valence-electron chi connectivity index (χ0n) is 12.7. The molecule has 0 heterocycles.